The van der Waals surface area contributed by atoms with Gasteiger partial charge in [-0.2, -0.15) is 13.9 Å². The fourth-order valence-corrected chi connectivity index (χ4v) is 5.79. The highest BCUT2D eigenvalue weighted by Gasteiger charge is 2.37. The van der Waals surface area contributed by atoms with Crippen LogP contribution in [0.5, 0.6) is 0 Å². The summed E-state index contributed by atoms with van der Waals surface area (Å²) < 4.78 is 68.3. The summed E-state index contributed by atoms with van der Waals surface area (Å²) in [6, 6.07) is 3.82. The van der Waals surface area contributed by atoms with Gasteiger partial charge in [0.05, 0.1) is 31.4 Å². The lowest BCUT2D eigenvalue weighted by atomic mass is 9.93. The molecule has 0 spiro atoms. The van der Waals surface area contributed by atoms with Crippen LogP contribution in [0.1, 0.15) is 139 Å². The van der Waals surface area contributed by atoms with E-state index in [2.05, 4.69) is 78.3 Å². The first-order chi connectivity index (χ1) is 29.8. The predicted molar refractivity (Wildman–Crippen MR) is 264 cm³/mol. The zero-order chi connectivity index (χ0) is 48.7. The Labute approximate surface area is 377 Å². The topological polar surface area (TPSA) is 78.3 Å². The number of nitrogens with one attached hydrogen (secondary N) is 1. The van der Waals surface area contributed by atoms with Crippen LogP contribution in [0.15, 0.2) is 91.1 Å². The molecule has 4 heterocycles. The minimum absolute atomic E-state index is 0.150. The van der Waals surface area contributed by atoms with E-state index < -0.39 is 18.3 Å². The fourth-order valence-electron chi connectivity index (χ4n) is 4.87. The van der Waals surface area contributed by atoms with Gasteiger partial charge in [0.15, 0.2) is 0 Å². The maximum absolute atomic E-state index is 14.7. The zero-order valence-electron chi connectivity index (χ0n) is 40.7. The number of methoxy groups -OCH3 is 1. The van der Waals surface area contributed by atoms with Gasteiger partial charge in [0.1, 0.15) is 30.1 Å². The molecule has 0 bridgehead atoms. The van der Waals surface area contributed by atoms with Gasteiger partial charge in [-0.15, -0.1) is 11.3 Å². The lowest BCUT2D eigenvalue weighted by Gasteiger charge is -2.27. The number of nitrogens with zero attached hydrogens (tertiary/aromatic N) is 3. The Balaban J connectivity index is -0.000000610. The largest absolute Gasteiger partial charge is 0.499 e. The Hall–Kier alpha value is -4.39. The number of alkyl halides is 2. The number of aldehydes is 1. The number of aromatic nitrogens is 3. The number of rotatable bonds is 13. The van der Waals surface area contributed by atoms with Crippen LogP contribution in [0.25, 0.3) is 33.1 Å². The number of carbonyl (C=O) groups excluding carboxylic acids is 1. The second kappa shape index (κ2) is 40.7. The molecule has 1 fully saturated rings. The Morgan fingerprint density at radius 2 is 1.63 bits per heavy atom. The number of hydrogen-bond acceptors (Lipinski definition) is 7. The highest BCUT2D eigenvalue weighted by molar-refractivity contribution is 7.17. The van der Waals surface area contributed by atoms with E-state index in [1.165, 1.54) is 42.6 Å². The Morgan fingerprint density at radius 3 is 2.10 bits per heavy atom. The van der Waals surface area contributed by atoms with Crippen molar-refractivity contribution in [1.82, 2.24) is 20.1 Å². The molecule has 0 unspecified atom stereocenters. The maximum atomic E-state index is 14.7. The standard InChI is InChI=1S/C30H32F4N4S.C5H10O2.C3H4O.2C3H8.3C2H6/c1-6-11-38-26(18(3)4)15-25(37-38)28-24(14-22(32)8-10-31)29-23(9-12-39-29)27(36-28)20(7-2)13-21-16-35-17-30(33,34)19(21)5;1-3-7-5-4-6-2;1-2-3-4;2*1-3-2;3*1-2/h7-10,12-15,18,35H,5-6,11,16-17H2,1-4H3;3H,1,4-5H2,2H3;2-3H,1H2;2*3H2,1-2H3;3*1-2H3/b10-8+,20-7+,21-13-,22-14?;;;;;;;. The molecule has 12 heteroatoms. The van der Waals surface area contributed by atoms with Crippen LogP contribution in [0.4, 0.5) is 17.6 Å². The van der Waals surface area contributed by atoms with E-state index in [4.69, 9.17) is 19.6 Å². The molecule has 1 saturated heterocycles. The van der Waals surface area contributed by atoms with Crippen LogP contribution in [0, 0.1) is 0 Å². The average molecular weight is 893 g/mol. The molecule has 0 amide bonds. The number of pyridine rings is 1. The first-order valence-corrected chi connectivity index (χ1v) is 22.7. The van der Waals surface area contributed by atoms with E-state index in [0.29, 0.717) is 59.8 Å². The van der Waals surface area contributed by atoms with E-state index in [1.807, 2.05) is 76.7 Å². The van der Waals surface area contributed by atoms with Crippen LogP contribution in [0.2, 0.25) is 0 Å². The molecule has 3 aromatic rings. The van der Waals surface area contributed by atoms with Crippen molar-refractivity contribution >= 4 is 39.4 Å². The molecule has 62 heavy (non-hydrogen) atoms. The van der Waals surface area contributed by atoms with Crippen LogP contribution in [-0.4, -0.2) is 60.4 Å². The molecule has 0 aromatic carbocycles. The molecular weight excluding hydrogens is 813 g/mol. The maximum Gasteiger partial charge on any atom is 0.285 e. The van der Waals surface area contributed by atoms with Crippen molar-refractivity contribution in [3.63, 3.8) is 0 Å². The van der Waals surface area contributed by atoms with Gasteiger partial charge in [-0.05, 0) is 66.1 Å². The first kappa shape index (κ1) is 64.2. The van der Waals surface area contributed by atoms with Crippen molar-refractivity contribution in [3.05, 3.63) is 108 Å². The number of ether oxygens (including phenoxy) is 2. The number of thiophene rings is 1. The molecule has 1 aliphatic rings. The van der Waals surface area contributed by atoms with E-state index in [-0.39, 0.29) is 24.4 Å². The quantitative estimate of drug-likeness (QED) is 0.0460. The minimum atomic E-state index is -3.05. The number of hydrogen-bond donors (Lipinski definition) is 1. The normalized spacial score (nSPS) is 13.4. The molecule has 0 atom stereocenters. The summed E-state index contributed by atoms with van der Waals surface area (Å²) in [5.41, 5.74) is 3.85. The Morgan fingerprint density at radius 1 is 1.05 bits per heavy atom. The second-order valence-corrected chi connectivity index (χ2v) is 13.5. The summed E-state index contributed by atoms with van der Waals surface area (Å²) in [6.07, 6.45) is 12.3. The van der Waals surface area contributed by atoms with Gasteiger partial charge in [-0.3, -0.25) is 9.48 Å². The van der Waals surface area contributed by atoms with Gasteiger partial charge in [-0.1, -0.05) is 129 Å². The lowest BCUT2D eigenvalue weighted by Crippen LogP contribution is -2.42. The second-order valence-electron chi connectivity index (χ2n) is 12.6. The number of piperidine rings is 1. The third kappa shape index (κ3) is 23.7. The third-order valence-electron chi connectivity index (χ3n) is 7.25. The molecular formula is C50H80F4N4O3S. The number of halogens is 4. The van der Waals surface area contributed by atoms with Crippen molar-refractivity contribution in [1.29, 1.82) is 0 Å². The Kier molecular flexibility index (Phi) is 42.1. The van der Waals surface area contributed by atoms with E-state index in [0.717, 1.165) is 28.3 Å². The van der Waals surface area contributed by atoms with Gasteiger partial charge in [-0.25, -0.2) is 13.8 Å². The number of aryl methyl sites for hydroxylation is 1. The van der Waals surface area contributed by atoms with Crippen molar-refractivity contribution in [2.45, 2.75) is 135 Å². The predicted octanol–water partition coefficient (Wildman–Crippen LogP) is 15.7. The third-order valence-corrected chi connectivity index (χ3v) is 8.20. The molecule has 3 aromatic heterocycles. The molecule has 1 N–H and O–H groups in total. The molecule has 7 nitrogen and oxygen atoms in total. The molecule has 4 rings (SSSR count). The van der Waals surface area contributed by atoms with Gasteiger partial charge in [0, 0.05) is 53.2 Å². The van der Waals surface area contributed by atoms with Gasteiger partial charge >= 0.3 is 0 Å². The van der Waals surface area contributed by atoms with Gasteiger partial charge in [0.25, 0.3) is 5.92 Å². The number of fused-ring (bicyclic) bond motifs is 1. The first-order valence-electron chi connectivity index (χ1n) is 21.8. The molecule has 1 aliphatic heterocycles. The Bertz CT molecular complexity index is 1760. The summed E-state index contributed by atoms with van der Waals surface area (Å²) in [4.78, 5) is 14.0. The summed E-state index contributed by atoms with van der Waals surface area (Å²) >= 11 is 1.40. The van der Waals surface area contributed by atoms with Crippen LogP contribution in [0.3, 0.4) is 0 Å². The van der Waals surface area contributed by atoms with Crippen molar-refractivity contribution in [2.75, 3.05) is 33.4 Å². The van der Waals surface area contributed by atoms with Crippen molar-refractivity contribution in [2.24, 2.45) is 0 Å². The van der Waals surface area contributed by atoms with E-state index in [1.54, 1.807) is 13.2 Å². The summed E-state index contributed by atoms with van der Waals surface area (Å²) in [6.45, 7) is 40.4. The average Bonchev–Trinajstić information content (AvgIpc) is 3.94. The van der Waals surface area contributed by atoms with E-state index in [9.17, 15) is 17.6 Å². The highest BCUT2D eigenvalue weighted by atomic mass is 32.1. The smallest absolute Gasteiger partial charge is 0.285 e. The summed E-state index contributed by atoms with van der Waals surface area (Å²) in [7, 11) is 1.63. The lowest BCUT2D eigenvalue weighted by molar-refractivity contribution is -0.104. The van der Waals surface area contributed by atoms with E-state index >= 15 is 0 Å². The highest BCUT2D eigenvalue weighted by Crippen LogP contribution is 2.40. The summed E-state index contributed by atoms with van der Waals surface area (Å²) in [5, 5.41) is 10.2. The molecule has 0 saturated carbocycles. The van der Waals surface area contributed by atoms with Gasteiger partial charge < -0.3 is 14.8 Å². The number of allylic oxidation sites excluding steroid dienone is 6. The molecule has 0 aliphatic carbocycles. The number of carbonyl (C=O) groups is 1. The minimum Gasteiger partial charge on any atom is -0.499 e. The van der Waals surface area contributed by atoms with Crippen molar-refractivity contribution < 1.29 is 31.8 Å². The SMILES string of the molecule is C=C1/C(=C\C(=C/C)c2nc(-c3cc(C(C)C)n(CCC)n3)c(C=C(F)/C=C/F)c3sccc23)CNCC1(F)F.C=CC=O.C=COCCOC.CC.CC.CC.CCC.CCC. The zero-order valence-corrected chi connectivity index (χ0v) is 41.5. The monoisotopic (exact) mass is 893 g/mol. The van der Waals surface area contributed by atoms with Crippen LogP contribution < -0.4 is 5.32 Å². The molecule has 352 valence electrons. The summed E-state index contributed by atoms with van der Waals surface area (Å²) in [5.74, 6) is -3.62. The molecule has 0 radical (unpaired) electrons. The fraction of sp³-hybridized carbons (Fsp3) is 0.500. The van der Waals surface area contributed by atoms with Crippen LogP contribution in [-0.2, 0) is 20.8 Å². The van der Waals surface area contributed by atoms with Crippen molar-refractivity contribution in [3.8, 4) is 11.4 Å². The van der Waals surface area contributed by atoms with Gasteiger partial charge in [0.2, 0.25) is 0 Å². The van der Waals surface area contributed by atoms with Crippen LogP contribution >= 0.6 is 11.3 Å².